The molecule has 1 unspecified atom stereocenters. The number of carbonyl (C=O) groups excluding carboxylic acids is 1. The van der Waals surface area contributed by atoms with Crippen molar-refractivity contribution >= 4 is 23.6 Å². The Labute approximate surface area is 183 Å². The highest BCUT2D eigenvalue weighted by Crippen LogP contribution is 2.42. The highest BCUT2D eigenvalue weighted by Gasteiger charge is 2.47. The topological polar surface area (TPSA) is 81.1 Å². The quantitative estimate of drug-likeness (QED) is 0.728. The van der Waals surface area contributed by atoms with E-state index in [0.717, 1.165) is 24.8 Å². The molecule has 1 aromatic rings. The van der Waals surface area contributed by atoms with Crippen LogP contribution in [0.5, 0.6) is 0 Å². The summed E-state index contributed by atoms with van der Waals surface area (Å²) in [6.07, 6.45) is 3.62. The number of rotatable bonds is 4. The third kappa shape index (κ3) is 4.75. The van der Waals surface area contributed by atoms with Gasteiger partial charge in [0.15, 0.2) is 0 Å². The number of carboxylic acid groups (broad SMARTS) is 1. The van der Waals surface area contributed by atoms with E-state index in [4.69, 9.17) is 11.6 Å². The van der Waals surface area contributed by atoms with E-state index < -0.39 is 23.2 Å². The van der Waals surface area contributed by atoms with Crippen LogP contribution < -0.4 is 0 Å². The van der Waals surface area contributed by atoms with Gasteiger partial charge in [0, 0.05) is 23.7 Å². The molecule has 0 bridgehead atoms. The monoisotopic (exact) mass is 436 g/mol. The molecule has 2 atom stereocenters. The molecule has 30 heavy (non-hydrogen) atoms. The van der Waals surface area contributed by atoms with Crippen molar-refractivity contribution in [2.45, 2.75) is 82.4 Å². The maximum atomic E-state index is 13.7. The fourth-order valence-electron chi connectivity index (χ4n) is 5.15. The molecule has 1 heterocycles. The van der Waals surface area contributed by atoms with Crippen LogP contribution in [-0.2, 0) is 4.79 Å². The summed E-state index contributed by atoms with van der Waals surface area (Å²) in [7, 11) is 0. The Bertz CT molecular complexity index is 786. The number of hydrogen-bond acceptors (Lipinski definition) is 3. The Morgan fingerprint density at radius 3 is 2.47 bits per heavy atom. The van der Waals surface area contributed by atoms with Crippen molar-refractivity contribution in [2.24, 2.45) is 0 Å². The molecule has 1 saturated heterocycles. The number of likely N-dealkylation sites (tertiary alicyclic amines) is 1. The summed E-state index contributed by atoms with van der Waals surface area (Å²) < 4.78 is 0. The van der Waals surface area contributed by atoms with Gasteiger partial charge in [0.25, 0.3) is 0 Å². The van der Waals surface area contributed by atoms with Crippen molar-refractivity contribution in [3.8, 4) is 0 Å². The maximum absolute atomic E-state index is 13.7. The second-order valence-corrected chi connectivity index (χ2v) is 10.1. The highest BCUT2D eigenvalue weighted by molar-refractivity contribution is 6.30. The first-order valence-corrected chi connectivity index (χ1v) is 11.2. The molecular formula is C23H33ClN2O4. The van der Waals surface area contributed by atoms with Crippen molar-refractivity contribution in [1.82, 2.24) is 9.80 Å². The van der Waals surface area contributed by atoms with Gasteiger partial charge in [-0.2, -0.15) is 0 Å². The van der Waals surface area contributed by atoms with Crippen molar-refractivity contribution in [2.75, 3.05) is 13.1 Å². The van der Waals surface area contributed by atoms with Gasteiger partial charge in [-0.3, -0.25) is 9.69 Å². The molecule has 2 aliphatic rings. The summed E-state index contributed by atoms with van der Waals surface area (Å²) in [5.41, 5.74) is -0.927. The number of halogens is 1. The summed E-state index contributed by atoms with van der Waals surface area (Å²) in [5, 5.41) is 21.8. The van der Waals surface area contributed by atoms with Crippen LogP contribution in [0.15, 0.2) is 24.3 Å². The van der Waals surface area contributed by atoms with Crippen LogP contribution in [0.3, 0.4) is 0 Å². The van der Waals surface area contributed by atoms with E-state index in [1.807, 2.05) is 32.9 Å². The highest BCUT2D eigenvalue weighted by atomic mass is 35.5. The van der Waals surface area contributed by atoms with Crippen molar-refractivity contribution in [3.63, 3.8) is 0 Å². The number of benzene rings is 1. The Balaban J connectivity index is 1.88. The van der Waals surface area contributed by atoms with Gasteiger partial charge in [-0.05, 0) is 57.7 Å². The lowest BCUT2D eigenvalue weighted by Crippen LogP contribution is -2.53. The van der Waals surface area contributed by atoms with Gasteiger partial charge < -0.3 is 15.1 Å². The molecule has 2 fully saturated rings. The molecule has 2 N–H and O–H groups in total. The summed E-state index contributed by atoms with van der Waals surface area (Å²) >= 11 is 6.21. The van der Waals surface area contributed by atoms with E-state index in [-0.39, 0.29) is 11.9 Å². The minimum atomic E-state index is -1.10. The van der Waals surface area contributed by atoms with Gasteiger partial charge in [-0.25, -0.2) is 4.79 Å². The van der Waals surface area contributed by atoms with E-state index >= 15 is 0 Å². The zero-order chi connectivity index (χ0) is 22.1. The molecule has 6 nitrogen and oxygen atoms in total. The van der Waals surface area contributed by atoms with Crippen LogP contribution in [0.1, 0.15) is 70.8 Å². The first-order chi connectivity index (χ1) is 14.0. The summed E-state index contributed by atoms with van der Waals surface area (Å²) in [6, 6.07) is 6.93. The van der Waals surface area contributed by atoms with E-state index in [1.165, 1.54) is 4.90 Å². The van der Waals surface area contributed by atoms with Gasteiger partial charge in [-0.1, -0.05) is 43.0 Å². The molecule has 7 heteroatoms. The zero-order valence-electron chi connectivity index (χ0n) is 18.1. The zero-order valence-corrected chi connectivity index (χ0v) is 18.9. The number of amides is 2. The number of carbonyl (C=O) groups is 2. The second-order valence-electron chi connectivity index (χ2n) is 9.70. The first kappa shape index (κ1) is 22.9. The number of nitrogens with zero attached hydrogens (tertiary/aromatic N) is 2. The molecule has 0 radical (unpaired) electrons. The average Bonchev–Trinajstić information content (AvgIpc) is 3.10. The fourth-order valence-corrected chi connectivity index (χ4v) is 5.35. The van der Waals surface area contributed by atoms with Crippen molar-refractivity contribution in [3.05, 3.63) is 34.9 Å². The molecule has 2 amide bonds. The van der Waals surface area contributed by atoms with E-state index in [9.17, 15) is 19.8 Å². The SMILES string of the molecule is CC(C)(C)N(C(=O)O)[C@@H]1CCN(C(=O)C(c2cccc(Cl)c2)C2(O)CCCCC2)C1. The van der Waals surface area contributed by atoms with Crippen LogP contribution >= 0.6 is 11.6 Å². The predicted octanol–water partition coefficient (Wildman–Crippen LogP) is 4.50. The summed E-state index contributed by atoms with van der Waals surface area (Å²) in [4.78, 5) is 28.8. The smallest absolute Gasteiger partial charge is 0.408 e. The van der Waals surface area contributed by atoms with Crippen LogP contribution in [0, 0.1) is 0 Å². The Morgan fingerprint density at radius 1 is 1.23 bits per heavy atom. The van der Waals surface area contributed by atoms with Crippen LogP contribution in [-0.4, -0.2) is 62.3 Å². The molecular weight excluding hydrogens is 404 g/mol. The van der Waals surface area contributed by atoms with Gasteiger partial charge in [0.1, 0.15) is 0 Å². The summed E-state index contributed by atoms with van der Waals surface area (Å²) in [5.74, 6) is -0.827. The summed E-state index contributed by atoms with van der Waals surface area (Å²) in [6.45, 7) is 6.42. The van der Waals surface area contributed by atoms with Gasteiger partial charge in [-0.15, -0.1) is 0 Å². The Kier molecular flexibility index (Phi) is 6.68. The van der Waals surface area contributed by atoms with E-state index in [0.29, 0.717) is 37.4 Å². The van der Waals surface area contributed by atoms with Gasteiger partial charge >= 0.3 is 6.09 Å². The molecule has 0 aromatic heterocycles. The third-order valence-corrected chi connectivity index (χ3v) is 6.69. The van der Waals surface area contributed by atoms with E-state index in [2.05, 4.69) is 0 Å². The van der Waals surface area contributed by atoms with Crippen LogP contribution in [0.25, 0.3) is 0 Å². The second kappa shape index (κ2) is 8.75. The van der Waals surface area contributed by atoms with Gasteiger partial charge in [0.05, 0.1) is 17.6 Å². The fraction of sp³-hybridized carbons (Fsp3) is 0.652. The maximum Gasteiger partial charge on any atom is 0.408 e. The van der Waals surface area contributed by atoms with Crippen molar-refractivity contribution < 1.29 is 19.8 Å². The molecule has 3 rings (SSSR count). The average molecular weight is 437 g/mol. The largest absolute Gasteiger partial charge is 0.465 e. The lowest BCUT2D eigenvalue weighted by molar-refractivity contribution is -0.140. The number of aliphatic hydroxyl groups is 1. The standard InChI is InChI=1S/C23H33ClN2O4/c1-22(2,3)26(21(28)29)18-10-13-25(15-18)20(27)19(16-8-7-9-17(24)14-16)23(30)11-5-4-6-12-23/h7-9,14,18-19,30H,4-6,10-13,15H2,1-3H3,(H,28,29)/t18-,19?/m1/s1. The van der Waals surface area contributed by atoms with E-state index in [1.54, 1.807) is 17.0 Å². The lowest BCUT2D eigenvalue weighted by Gasteiger charge is -2.41. The third-order valence-electron chi connectivity index (χ3n) is 6.45. The molecule has 0 spiro atoms. The van der Waals surface area contributed by atoms with Crippen LogP contribution in [0.4, 0.5) is 4.79 Å². The molecule has 1 aliphatic carbocycles. The minimum absolute atomic E-state index is 0.136. The Hall–Kier alpha value is -1.79. The normalized spacial score (nSPS) is 22.6. The molecule has 1 aliphatic heterocycles. The first-order valence-electron chi connectivity index (χ1n) is 10.8. The van der Waals surface area contributed by atoms with Crippen LogP contribution in [0.2, 0.25) is 5.02 Å². The minimum Gasteiger partial charge on any atom is -0.465 e. The molecule has 1 aromatic carbocycles. The molecule has 166 valence electrons. The molecule has 1 saturated carbocycles. The Morgan fingerprint density at radius 2 is 1.90 bits per heavy atom. The van der Waals surface area contributed by atoms with Gasteiger partial charge in [0.2, 0.25) is 5.91 Å². The van der Waals surface area contributed by atoms with Crippen molar-refractivity contribution in [1.29, 1.82) is 0 Å². The number of hydrogen-bond donors (Lipinski definition) is 2. The predicted molar refractivity (Wildman–Crippen MR) is 117 cm³/mol. The lowest BCUT2D eigenvalue weighted by atomic mass is 9.72.